The molecule has 1 aliphatic rings. The van der Waals surface area contributed by atoms with E-state index in [1.165, 1.54) is 64.3 Å². The van der Waals surface area contributed by atoms with Crippen molar-refractivity contribution in [2.24, 2.45) is 5.92 Å². The summed E-state index contributed by atoms with van der Waals surface area (Å²) in [6.07, 6.45) is 16.4. The number of aliphatic hydroxyl groups is 2. The van der Waals surface area contributed by atoms with Crippen molar-refractivity contribution in [2.75, 3.05) is 27.2 Å². The average Bonchev–Trinajstić information content (AvgIpc) is 1.64. The first-order valence-electron chi connectivity index (χ1n) is 33.8. The third kappa shape index (κ3) is 15.6. The van der Waals surface area contributed by atoms with Crippen molar-refractivity contribution >= 4 is 68.0 Å². The summed E-state index contributed by atoms with van der Waals surface area (Å²) in [6, 6.07) is 0. The van der Waals surface area contributed by atoms with Gasteiger partial charge in [-0.1, -0.05) is 47.6 Å². The lowest BCUT2D eigenvalue weighted by Crippen LogP contribution is -2.28. The average molecular weight is 1420 g/mol. The monoisotopic (exact) mass is 1420 g/mol. The Morgan fingerprint density at radius 2 is 1.00 bits per heavy atom. The summed E-state index contributed by atoms with van der Waals surface area (Å²) in [7, 11) is 4.00. The van der Waals surface area contributed by atoms with E-state index < -0.39 is 6.10 Å². The topological polar surface area (TPSA) is 349 Å². The van der Waals surface area contributed by atoms with Gasteiger partial charge in [-0.15, -0.1) is 6.58 Å². The molecule has 1 unspecified atom stereocenters. The molecule has 542 valence electrons. The van der Waals surface area contributed by atoms with Gasteiger partial charge in [-0.05, 0) is 112 Å². The number of aliphatic hydroxyl groups excluding tert-OH is 2. The van der Waals surface area contributed by atoms with E-state index in [9.17, 15) is 33.9 Å². The Hall–Kier alpha value is -12.9. The maximum atomic E-state index is 12.4. The van der Waals surface area contributed by atoms with Crippen molar-refractivity contribution in [3.63, 3.8) is 0 Å². The molecule has 1 atom stereocenters. The van der Waals surface area contributed by atoms with Crippen LogP contribution < -0.4 is 33.4 Å². The number of hydrogen-bond donors (Lipinski definition) is 6. The quantitative estimate of drug-likeness (QED) is 0.0412. The summed E-state index contributed by atoms with van der Waals surface area (Å²) in [5.41, 5.74) is 12.5. The molecule has 33 heteroatoms. The maximum Gasteiger partial charge on any atom is 0.276 e. The zero-order valence-electron chi connectivity index (χ0n) is 60.5. The van der Waals surface area contributed by atoms with E-state index >= 15 is 0 Å². The largest absolute Gasteiger partial charge is 0.396 e. The Morgan fingerprint density at radius 3 is 1.45 bits per heavy atom. The van der Waals surface area contributed by atoms with Crippen LogP contribution in [-0.2, 0) is 64.5 Å². The van der Waals surface area contributed by atoms with Crippen molar-refractivity contribution in [1.29, 1.82) is 0 Å². The lowest BCUT2D eigenvalue weighted by Gasteiger charge is -2.18. The minimum absolute atomic E-state index is 0.0625. The summed E-state index contributed by atoms with van der Waals surface area (Å²) in [6.45, 7) is 67.3. The number of aryl methyl sites for hydroxylation is 4. The molecular formula is C72H81N25O8. The second-order valence-electron chi connectivity index (χ2n) is 24.9. The van der Waals surface area contributed by atoms with E-state index in [0.717, 1.165) is 67.0 Å². The molecule has 13 rings (SSSR count). The Labute approximate surface area is 601 Å². The first-order chi connectivity index (χ1) is 50.3. The van der Waals surface area contributed by atoms with Crippen LogP contribution in [-0.4, -0.2) is 129 Å². The van der Waals surface area contributed by atoms with E-state index in [0.29, 0.717) is 147 Å². The number of hydrogen-bond acceptors (Lipinski definition) is 15. The summed E-state index contributed by atoms with van der Waals surface area (Å²) in [5.74, 6) is 0.400. The summed E-state index contributed by atoms with van der Waals surface area (Å²) < 4.78 is 12.0. The Balaban J connectivity index is 0.000000159. The number of aromatic nitrogens is 18. The van der Waals surface area contributed by atoms with Gasteiger partial charge in [-0.2, -0.15) is 19.2 Å². The van der Waals surface area contributed by atoms with Crippen molar-refractivity contribution < 1.29 is 10.2 Å². The Bertz CT molecular complexity index is 5940. The van der Waals surface area contributed by atoms with Gasteiger partial charge in [0.25, 0.3) is 33.4 Å². The smallest absolute Gasteiger partial charge is 0.276 e. The van der Waals surface area contributed by atoms with E-state index in [1.807, 2.05) is 60.2 Å². The standard InChI is InChI=1S/C14H19N5O.C12H14N4O2.C12H12N4O.C12H14N4O.C11H12N4O2.C11H10N4O/c1-6-11-10(2)18(8-7-17(4)5)13-12(15-3)9-16-19(13)14(11)20;1-3-8-9(5-4-6-17)15-11-10(13-2)7-14-16(11)12(8)18;1-3-8-10-5-4-6-15(10)11-9(13-2)7-14-16(11)12(8)17;1-7(2)5-9-8(3)15-11-10(13-4)6-14-16(11)12(9)17;1-4-7-9(6(2)16)14-10-8(12-3)5-13-15(10)11(7)17;1-4-5-8-7(2)14-10-9(12-3)6-13-15(10)11(8)16/h9H,6-8H2,1-2,4-5H3;7,14,17H,3-6H2,1H3;7H,3-6H2,1H3;6-7,14H,5H2,1-3H3;5-6,13,16H,4H2,1-2H3;4,6,13H,1,5H2,2H3. The van der Waals surface area contributed by atoms with Gasteiger partial charge in [-0.25, -0.2) is 67.1 Å². The van der Waals surface area contributed by atoms with Crippen LogP contribution in [0, 0.1) is 66.1 Å². The minimum Gasteiger partial charge on any atom is -0.396 e. The fraction of sp³-hybridized carbons (Fsp3) is 0.389. The number of aromatic amines is 4. The van der Waals surface area contributed by atoms with Crippen molar-refractivity contribution in [3.8, 4) is 0 Å². The molecule has 0 amide bonds. The number of likely N-dealkylation sites (N-methyl/N-ethyl adjacent to an activating group) is 1. The van der Waals surface area contributed by atoms with Gasteiger partial charge < -0.3 is 44.6 Å². The van der Waals surface area contributed by atoms with Crippen molar-refractivity contribution in [1.82, 2.24) is 91.7 Å². The highest BCUT2D eigenvalue weighted by atomic mass is 16.3. The number of nitrogens with zero attached hydrogens (tertiary/aromatic N) is 21. The third-order valence-electron chi connectivity index (χ3n) is 17.5. The molecule has 6 N–H and O–H groups in total. The molecule has 0 saturated heterocycles. The summed E-state index contributed by atoms with van der Waals surface area (Å²) in [5, 5.41) is 37.6. The predicted octanol–water partition coefficient (Wildman–Crippen LogP) is 8.98. The SMILES string of the molecule is [C-]#[N+]c1c[nH]n2c(=O)c(CC(C)C)c(C)nc12.[C-]#[N+]c1c[nH]n2c(=O)c(CC)c(C(C)O)nc12.[C-]#[N+]c1c[nH]n2c(=O)c(CC)c(CCCO)nc12.[C-]#[N+]c1c[nH]n2c(=O)c(CC=C)c(C)nc12.[C-]#[N+]c1cnn2c(=O)c(CC)c(C)n(CCN(C)C)c12.[C-]#[N+]c1cnn2c(=O)c(CC)c3n(c12)CCC3. The first-order valence-corrected chi connectivity index (χ1v) is 33.8. The van der Waals surface area contributed by atoms with Crippen LogP contribution in [0.2, 0.25) is 0 Å². The fourth-order valence-electron chi connectivity index (χ4n) is 12.3. The van der Waals surface area contributed by atoms with Gasteiger partial charge in [0.05, 0.1) is 69.3 Å². The molecule has 0 bridgehead atoms. The maximum absolute atomic E-state index is 12.4. The third-order valence-corrected chi connectivity index (χ3v) is 17.5. The molecule has 0 aliphatic carbocycles. The highest BCUT2D eigenvalue weighted by Crippen LogP contribution is 2.28. The van der Waals surface area contributed by atoms with Gasteiger partial charge in [0.1, 0.15) is 11.3 Å². The van der Waals surface area contributed by atoms with Crippen molar-refractivity contribution in [3.05, 3.63) is 248 Å². The molecule has 0 fully saturated rings. The van der Waals surface area contributed by atoms with Crippen LogP contribution in [0.4, 0.5) is 34.1 Å². The van der Waals surface area contributed by atoms with Crippen LogP contribution in [0.25, 0.3) is 63.0 Å². The van der Waals surface area contributed by atoms with Gasteiger partial charge in [0.2, 0.25) is 34.1 Å². The van der Waals surface area contributed by atoms with Crippen LogP contribution >= 0.6 is 0 Å². The molecule has 0 radical (unpaired) electrons. The molecular weight excluding hydrogens is 1340 g/mol. The molecule has 0 spiro atoms. The van der Waals surface area contributed by atoms with Gasteiger partial charge in [-0.3, -0.25) is 28.8 Å². The number of allylic oxidation sites excluding steroid dienone is 1. The molecule has 12 aromatic rings. The van der Waals surface area contributed by atoms with Crippen LogP contribution in [0.15, 0.2) is 78.6 Å². The number of nitrogens with one attached hydrogen (secondary N) is 4. The highest BCUT2D eigenvalue weighted by Gasteiger charge is 2.24. The lowest BCUT2D eigenvalue weighted by atomic mass is 10.0. The predicted molar refractivity (Wildman–Crippen MR) is 397 cm³/mol. The zero-order chi connectivity index (χ0) is 76.8. The molecule has 33 nitrogen and oxygen atoms in total. The van der Waals surface area contributed by atoms with Gasteiger partial charge >= 0.3 is 0 Å². The molecule has 0 aromatic carbocycles. The summed E-state index contributed by atoms with van der Waals surface area (Å²) in [4.78, 5) is 113. The molecule has 1 aliphatic heterocycles. The molecule has 12 aromatic heterocycles. The molecule has 105 heavy (non-hydrogen) atoms. The second-order valence-corrected chi connectivity index (χ2v) is 24.9. The highest BCUT2D eigenvalue weighted by molar-refractivity contribution is 5.72. The van der Waals surface area contributed by atoms with Crippen LogP contribution in [0.5, 0.6) is 0 Å². The number of fused-ring (bicyclic) bond motifs is 8. The minimum atomic E-state index is -0.823. The lowest BCUT2D eigenvalue weighted by molar-refractivity contribution is 0.193. The van der Waals surface area contributed by atoms with Gasteiger partial charge in [0.15, 0.2) is 22.6 Å². The fourth-order valence-corrected chi connectivity index (χ4v) is 12.3. The molecule has 13 heterocycles. The van der Waals surface area contributed by atoms with Gasteiger partial charge in [0, 0.05) is 107 Å². The Kier molecular flexibility index (Phi) is 25.3. The van der Waals surface area contributed by atoms with E-state index in [2.05, 4.69) is 109 Å². The van der Waals surface area contributed by atoms with E-state index in [4.69, 9.17) is 44.5 Å². The number of rotatable bonds is 15. The molecule has 0 saturated carbocycles. The zero-order valence-corrected chi connectivity index (χ0v) is 60.5. The van der Waals surface area contributed by atoms with Crippen molar-refractivity contribution in [2.45, 2.75) is 153 Å². The Morgan fingerprint density at radius 1 is 0.571 bits per heavy atom. The second kappa shape index (κ2) is 34.2. The van der Waals surface area contributed by atoms with E-state index in [1.54, 1.807) is 19.9 Å². The summed E-state index contributed by atoms with van der Waals surface area (Å²) >= 11 is 0. The van der Waals surface area contributed by atoms with Crippen LogP contribution in [0.3, 0.4) is 0 Å². The first kappa shape index (κ1) is 77.8. The van der Waals surface area contributed by atoms with Crippen LogP contribution in [0.1, 0.15) is 135 Å². The number of H-pyrrole nitrogens is 4. The van der Waals surface area contributed by atoms with E-state index in [-0.39, 0.29) is 51.3 Å². The normalized spacial score (nSPS) is 11.6.